The number of hydrogen-bond acceptors (Lipinski definition) is 5. The fourth-order valence-corrected chi connectivity index (χ4v) is 2.94. The van der Waals surface area contributed by atoms with Crippen molar-refractivity contribution < 1.29 is 27.8 Å². The summed E-state index contributed by atoms with van der Waals surface area (Å²) in [5.41, 5.74) is 0.316. The van der Waals surface area contributed by atoms with Crippen molar-refractivity contribution in [1.82, 2.24) is 0 Å². The molecule has 2 aromatic rings. The Morgan fingerprint density at radius 3 is 2.24 bits per heavy atom. The third-order valence-electron chi connectivity index (χ3n) is 3.25. The van der Waals surface area contributed by atoms with Crippen molar-refractivity contribution in [2.24, 2.45) is 0 Å². The highest BCUT2D eigenvalue weighted by atomic mass is 32.2. The minimum absolute atomic E-state index is 0.122. The average molecular weight is 363 g/mol. The lowest BCUT2D eigenvalue weighted by atomic mass is 10.1. The van der Waals surface area contributed by atoms with Crippen molar-refractivity contribution in [1.29, 1.82) is 0 Å². The number of nitrogens with one attached hydrogen (secondary N) is 1. The van der Waals surface area contributed by atoms with Gasteiger partial charge in [-0.05, 0) is 11.6 Å². The molecule has 2 aromatic carbocycles. The molecule has 2 N–H and O–H groups in total. The fraction of sp³-hybridized carbons (Fsp3) is 0.118. The lowest BCUT2D eigenvalue weighted by molar-refractivity contribution is 0.0697. The van der Waals surface area contributed by atoms with Gasteiger partial charge in [-0.3, -0.25) is 4.72 Å². The summed E-state index contributed by atoms with van der Waals surface area (Å²) in [5, 5.41) is 10.3. The second-order valence-corrected chi connectivity index (χ2v) is 6.48. The molecule has 0 aromatic heterocycles. The second kappa shape index (κ2) is 7.71. The summed E-state index contributed by atoms with van der Waals surface area (Å²) in [6.07, 6.45) is 1.41. The van der Waals surface area contributed by atoms with Gasteiger partial charge in [-0.15, -0.1) is 0 Å². The average Bonchev–Trinajstić information content (AvgIpc) is 2.60. The van der Waals surface area contributed by atoms with Crippen LogP contribution in [0.5, 0.6) is 11.5 Å². The van der Waals surface area contributed by atoms with E-state index in [1.165, 1.54) is 32.4 Å². The predicted molar refractivity (Wildman–Crippen MR) is 94.5 cm³/mol. The molecule has 0 amide bonds. The number of anilines is 1. The molecule has 0 radical (unpaired) electrons. The lowest BCUT2D eigenvalue weighted by Crippen LogP contribution is -2.13. The number of aromatic carboxylic acids is 1. The molecule has 132 valence electrons. The highest BCUT2D eigenvalue weighted by Gasteiger charge is 2.19. The molecule has 0 aliphatic heterocycles. The van der Waals surface area contributed by atoms with E-state index in [1.807, 2.05) is 6.07 Å². The van der Waals surface area contributed by atoms with Gasteiger partial charge in [0.2, 0.25) is 0 Å². The molecule has 0 spiro atoms. The molecule has 0 saturated heterocycles. The molecule has 0 aliphatic carbocycles. The number of rotatable bonds is 7. The Bertz CT molecular complexity index is 891. The molecule has 0 unspecified atom stereocenters. The van der Waals surface area contributed by atoms with Gasteiger partial charge in [-0.25, -0.2) is 13.2 Å². The van der Waals surface area contributed by atoms with Gasteiger partial charge in [0.15, 0.2) is 11.5 Å². The number of carboxylic acids is 1. The molecule has 7 nitrogen and oxygen atoms in total. The first-order valence-corrected chi connectivity index (χ1v) is 8.66. The summed E-state index contributed by atoms with van der Waals surface area (Å²) in [4.78, 5) is 11.4. The van der Waals surface area contributed by atoms with E-state index in [4.69, 9.17) is 9.47 Å². The standard InChI is InChI=1S/C17H17NO6S/c1-23-15-10-13(17(19)20)14(11-16(15)24-2)18-25(21,22)9-8-12-6-4-3-5-7-12/h3-11,18H,1-2H3,(H,19,20). The maximum absolute atomic E-state index is 12.2. The first-order valence-electron chi connectivity index (χ1n) is 7.11. The van der Waals surface area contributed by atoms with E-state index >= 15 is 0 Å². The van der Waals surface area contributed by atoms with Gasteiger partial charge in [0.1, 0.15) is 0 Å². The van der Waals surface area contributed by atoms with Crippen LogP contribution in [-0.4, -0.2) is 33.7 Å². The van der Waals surface area contributed by atoms with Crippen molar-refractivity contribution in [3.8, 4) is 11.5 Å². The van der Waals surface area contributed by atoms with Crippen LogP contribution in [0.3, 0.4) is 0 Å². The van der Waals surface area contributed by atoms with E-state index in [1.54, 1.807) is 24.3 Å². The zero-order valence-corrected chi connectivity index (χ0v) is 14.4. The Morgan fingerprint density at radius 2 is 1.68 bits per heavy atom. The molecule has 0 saturated carbocycles. The molecule has 0 heterocycles. The van der Waals surface area contributed by atoms with Crippen LogP contribution in [0.15, 0.2) is 47.9 Å². The summed E-state index contributed by atoms with van der Waals surface area (Å²) < 4.78 is 36.8. The van der Waals surface area contributed by atoms with Gasteiger partial charge in [-0.1, -0.05) is 30.3 Å². The number of ether oxygens (including phenoxy) is 2. The number of carbonyl (C=O) groups is 1. The zero-order valence-electron chi connectivity index (χ0n) is 13.6. The Hall–Kier alpha value is -3.00. The molecule has 2 rings (SSSR count). The number of hydrogen-bond donors (Lipinski definition) is 2. The highest BCUT2D eigenvalue weighted by molar-refractivity contribution is 7.95. The molecule has 0 fully saturated rings. The van der Waals surface area contributed by atoms with Crippen molar-refractivity contribution in [3.05, 3.63) is 59.0 Å². The summed E-state index contributed by atoms with van der Waals surface area (Å²) in [6.45, 7) is 0. The van der Waals surface area contributed by atoms with Gasteiger partial charge in [0.25, 0.3) is 10.0 Å². The lowest BCUT2D eigenvalue weighted by Gasteiger charge is -2.13. The van der Waals surface area contributed by atoms with Crippen LogP contribution in [0.1, 0.15) is 15.9 Å². The third-order valence-corrected chi connectivity index (χ3v) is 4.24. The van der Waals surface area contributed by atoms with Crippen molar-refractivity contribution in [3.63, 3.8) is 0 Å². The van der Waals surface area contributed by atoms with Gasteiger partial charge < -0.3 is 14.6 Å². The third kappa shape index (κ3) is 4.74. The van der Waals surface area contributed by atoms with Gasteiger partial charge in [0.05, 0.1) is 30.9 Å². The van der Waals surface area contributed by atoms with Crippen LogP contribution >= 0.6 is 0 Å². The second-order valence-electron chi connectivity index (χ2n) is 4.92. The topological polar surface area (TPSA) is 102 Å². The van der Waals surface area contributed by atoms with E-state index in [2.05, 4.69) is 4.72 Å². The largest absolute Gasteiger partial charge is 0.493 e. The van der Waals surface area contributed by atoms with Crippen LogP contribution in [0, 0.1) is 0 Å². The summed E-state index contributed by atoms with van der Waals surface area (Å²) >= 11 is 0. The minimum Gasteiger partial charge on any atom is -0.493 e. The fourth-order valence-electron chi connectivity index (χ4n) is 2.06. The number of carboxylic acid groups (broad SMARTS) is 1. The first-order chi connectivity index (χ1) is 11.9. The molecular formula is C17H17NO6S. The molecule has 0 bridgehead atoms. The van der Waals surface area contributed by atoms with Crippen LogP contribution in [-0.2, 0) is 10.0 Å². The maximum atomic E-state index is 12.2. The first kappa shape index (κ1) is 18.3. The Balaban J connectivity index is 2.37. The van der Waals surface area contributed by atoms with Gasteiger partial charge >= 0.3 is 5.97 Å². The van der Waals surface area contributed by atoms with Crippen LogP contribution in [0.25, 0.3) is 6.08 Å². The number of sulfonamides is 1. The summed E-state index contributed by atoms with van der Waals surface area (Å²) in [7, 11) is -1.20. The molecule has 0 aliphatic rings. The highest BCUT2D eigenvalue weighted by Crippen LogP contribution is 2.34. The quantitative estimate of drug-likeness (QED) is 0.784. The van der Waals surface area contributed by atoms with E-state index in [-0.39, 0.29) is 22.7 Å². The van der Waals surface area contributed by atoms with Crippen molar-refractivity contribution in [2.45, 2.75) is 0 Å². The summed E-state index contributed by atoms with van der Waals surface area (Å²) in [5.74, 6) is -0.911. The molecule has 8 heteroatoms. The van der Waals surface area contributed by atoms with E-state index in [0.29, 0.717) is 5.56 Å². The zero-order chi connectivity index (χ0) is 18.4. The van der Waals surface area contributed by atoms with Crippen molar-refractivity contribution in [2.75, 3.05) is 18.9 Å². The number of benzene rings is 2. The van der Waals surface area contributed by atoms with Crippen LogP contribution in [0.4, 0.5) is 5.69 Å². The minimum atomic E-state index is -3.92. The Labute approximate surface area is 145 Å². The molecule has 25 heavy (non-hydrogen) atoms. The van der Waals surface area contributed by atoms with Gasteiger partial charge in [0, 0.05) is 12.1 Å². The predicted octanol–water partition coefficient (Wildman–Crippen LogP) is 2.81. The number of methoxy groups -OCH3 is 2. The monoisotopic (exact) mass is 363 g/mol. The Kier molecular flexibility index (Phi) is 5.66. The smallest absolute Gasteiger partial charge is 0.337 e. The van der Waals surface area contributed by atoms with E-state index < -0.39 is 16.0 Å². The van der Waals surface area contributed by atoms with Crippen molar-refractivity contribution >= 4 is 27.8 Å². The Morgan fingerprint density at radius 1 is 1.08 bits per heavy atom. The van der Waals surface area contributed by atoms with E-state index in [0.717, 1.165) is 5.41 Å². The van der Waals surface area contributed by atoms with Gasteiger partial charge in [-0.2, -0.15) is 0 Å². The SMILES string of the molecule is COc1cc(NS(=O)(=O)C=Cc2ccccc2)c(C(=O)O)cc1OC. The maximum Gasteiger partial charge on any atom is 0.337 e. The summed E-state index contributed by atoms with van der Waals surface area (Å²) in [6, 6.07) is 11.3. The normalized spacial score (nSPS) is 11.3. The molecular weight excluding hydrogens is 346 g/mol. The van der Waals surface area contributed by atoms with E-state index in [9.17, 15) is 18.3 Å². The molecule has 0 atom stereocenters. The van der Waals surface area contributed by atoms with Crippen LogP contribution in [0.2, 0.25) is 0 Å². The van der Waals surface area contributed by atoms with Crippen LogP contribution < -0.4 is 14.2 Å².